The van der Waals surface area contributed by atoms with Crippen molar-refractivity contribution in [3.8, 4) is 5.75 Å². The molecule has 1 heterocycles. The van der Waals surface area contributed by atoms with Gasteiger partial charge in [-0.1, -0.05) is 56.3 Å². The minimum Gasteiger partial charge on any atom is -0.491 e. The summed E-state index contributed by atoms with van der Waals surface area (Å²) in [5.41, 5.74) is 1.72. The molecule has 0 aliphatic carbocycles. The van der Waals surface area contributed by atoms with Crippen molar-refractivity contribution in [2.45, 2.75) is 32.7 Å². The van der Waals surface area contributed by atoms with Gasteiger partial charge >= 0.3 is 0 Å². The molecule has 0 fully saturated rings. The van der Waals surface area contributed by atoms with E-state index in [1.165, 1.54) is 0 Å². The van der Waals surface area contributed by atoms with E-state index in [-0.39, 0.29) is 30.2 Å². The number of hydrogen-bond donors (Lipinski definition) is 1. The fourth-order valence-corrected chi connectivity index (χ4v) is 3.15. The summed E-state index contributed by atoms with van der Waals surface area (Å²) >= 11 is 0. The fraction of sp³-hybridized carbons (Fsp3) is 0.364. The van der Waals surface area contributed by atoms with Crippen LogP contribution in [0.1, 0.15) is 38.3 Å². The van der Waals surface area contributed by atoms with Crippen LogP contribution in [-0.2, 0) is 9.59 Å². The van der Waals surface area contributed by atoms with E-state index >= 15 is 0 Å². The highest BCUT2D eigenvalue weighted by molar-refractivity contribution is 5.95. The highest BCUT2D eigenvalue weighted by Gasteiger charge is 2.26. The molecule has 0 unspecified atom stereocenters. The summed E-state index contributed by atoms with van der Waals surface area (Å²) in [6, 6.07) is 16.9. The van der Waals surface area contributed by atoms with Gasteiger partial charge in [0.2, 0.25) is 11.8 Å². The van der Waals surface area contributed by atoms with Gasteiger partial charge in [-0.3, -0.25) is 9.59 Å². The lowest BCUT2D eigenvalue weighted by molar-refractivity contribution is -0.125. The summed E-state index contributed by atoms with van der Waals surface area (Å²) in [4.78, 5) is 27.2. The van der Waals surface area contributed by atoms with Crippen LogP contribution >= 0.6 is 0 Å². The van der Waals surface area contributed by atoms with E-state index in [1.807, 2.05) is 68.4 Å². The van der Waals surface area contributed by atoms with Crippen molar-refractivity contribution in [1.29, 1.82) is 0 Å². The molecule has 3 rings (SSSR count). The van der Waals surface area contributed by atoms with Crippen LogP contribution in [0.25, 0.3) is 0 Å². The van der Waals surface area contributed by atoms with Crippen LogP contribution in [-0.4, -0.2) is 25.0 Å². The smallest absolute Gasteiger partial charge is 0.229 e. The summed E-state index contributed by atoms with van der Waals surface area (Å²) in [6.07, 6.45) is 0.978. The SMILES string of the molecule is CC(C)C(=O)N[C@@H](CC(=O)N1CCCOc2ccccc21)c1ccccc1. The van der Waals surface area contributed by atoms with Crippen LogP contribution in [0.4, 0.5) is 5.69 Å². The van der Waals surface area contributed by atoms with Gasteiger partial charge in [0.25, 0.3) is 0 Å². The van der Waals surface area contributed by atoms with E-state index in [2.05, 4.69) is 5.32 Å². The van der Waals surface area contributed by atoms with Crippen LogP contribution in [0.3, 0.4) is 0 Å². The first-order valence-corrected chi connectivity index (χ1v) is 9.44. The maximum Gasteiger partial charge on any atom is 0.229 e. The van der Waals surface area contributed by atoms with E-state index in [4.69, 9.17) is 4.74 Å². The molecule has 5 nitrogen and oxygen atoms in total. The molecule has 27 heavy (non-hydrogen) atoms. The Morgan fingerprint density at radius 3 is 2.52 bits per heavy atom. The third kappa shape index (κ3) is 4.67. The van der Waals surface area contributed by atoms with E-state index in [1.54, 1.807) is 4.90 Å². The summed E-state index contributed by atoms with van der Waals surface area (Å²) in [5.74, 6) is 0.506. The maximum atomic E-state index is 13.2. The molecule has 1 atom stereocenters. The third-order valence-electron chi connectivity index (χ3n) is 4.66. The Balaban J connectivity index is 1.83. The zero-order valence-corrected chi connectivity index (χ0v) is 15.9. The molecular formula is C22H26N2O3. The van der Waals surface area contributed by atoms with Crippen molar-refractivity contribution in [1.82, 2.24) is 5.32 Å². The second kappa shape index (κ2) is 8.71. The van der Waals surface area contributed by atoms with Gasteiger partial charge in [-0.15, -0.1) is 0 Å². The number of carbonyl (C=O) groups is 2. The monoisotopic (exact) mass is 366 g/mol. The van der Waals surface area contributed by atoms with E-state index in [9.17, 15) is 9.59 Å². The lowest BCUT2D eigenvalue weighted by Gasteiger charge is -2.26. The normalized spacial score (nSPS) is 14.7. The lowest BCUT2D eigenvalue weighted by atomic mass is 10.0. The molecule has 1 N–H and O–H groups in total. The summed E-state index contributed by atoms with van der Waals surface area (Å²) in [7, 11) is 0. The molecule has 1 aliphatic rings. The molecule has 1 aliphatic heterocycles. The second-order valence-corrected chi connectivity index (χ2v) is 7.05. The van der Waals surface area contributed by atoms with Crippen molar-refractivity contribution < 1.29 is 14.3 Å². The summed E-state index contributed by atoms with van der Waals surface area (Å²) in [6.45, 7) is 4.89. The number of amides is 2. The number of benzene rings is 2. The average molecular weight is 366 g/mol. The molecule has 2 aromatic rings. The standard InChI is InChI=1S/C22H26N2O3/c1-16(2)22(26)23-18(17-9-4-3-5-10-17)15-21(25)24-13-8-14-27-20-12-7-6-11-19(20)24/h3-7,9-12,16,18H,8,13-15H2,1-2H3,(H,23,26)/t18-/m0/s1. The molecule has 0 spiro atoms. The fourth-order valence-electron chi connectivity index (χ4n) is 3.15. The topological polar surface area (TPSA) is 58.6 Å². The number of ether oxygens (including phenoxy) is 1. The number of nitrogens with one attached hydrogen (secondary N) is 1. The number of rotatable bonds is 5. The second-order valence-electron chi connectivity index (χ2n) is 7.05. The molecular weight excluding hydrogens is 340 g/mol. The minimum absolute atomic E-state index is 0.0224. The van der Waals surface area contributed by atoms with Crippen LogP contribution < -0.4 is 15.0 Å². The lowest BCUT2D eigenvalue weighted by Crippen LogP contribution is -2.38. The van der Waals surface area contributed by atoms with Gasteiger partial charge in [-0.2, -0.15) is 0 Å². The maximum absolute atomic E-state index is 13.2. The molecule has 5 heteroatoms. The Bertz CT molecular complexity index is 789. The Kier molecular flexibility index (Phi) is 6.12. The first kappa shape index (κ1) is 19.0. The van der Waals surface area contributed by atoms with Gasteiger partial charge in [-0.25, -0.2) is 0 Å². The van der Waals surface area contributed by atoms with Crippen LogP contribution in [0.2, 0.25) is 0 Å². The summed E-state index contributed by atoms with van der Waals surface area (Å²) < 4.78 is 5.75. The zero-order valence-electron chi connectivity index (χ0n) is 15.9. The van der Waals surface area contributed by atoms with Gasteiger partial charge in [-0.05, 0) is 24.1 Å². The van der Waals surface area contributed by atoms with Crippen molar-refractivity contribution in [2.75, 3.05) is 18.1 Å². The molecule has 0 bridgehead atoms. The molecule has 2 aromatic carbocycles. The number of carbonyl (C=O) groups excluding carboxylic acids is 2. The first-order valence-electron chi connectivity index (χ1n) is 9.44. The van der Waals surface area contributed by atoms with Crippen molar-refractivity contribution in [3.05, 3.63) is 60.2 Å². The molecule has 0 radical (unpaired) electrons. The van der Waals surface area contributed by atoms with Crippen molar-refractivity contribution in [2.24, 2.45) is 5.92 Å². The first-order chi connectivity index (χ1) is 13.1. The van der Waals surface area contributed by atoms with Gasteiger partial charge in [0.1, 0.15) is 5.75 Å². The third-order valence-corrected chi connectivity index (χ3v) is 4.66. The highest BCUT2D eigenvalue weighted by atomic mass is 16.5. The Hall–Kier alpha value is -2.82. The Morgan fingerprint density at radius 2 is 1.78 bits per heavy atom. The molecule has 2 amide bonds. The van der Waals surface area contributed by atoms with E-state index < -0.39 is 0 Å². The van der Waals surface area contributed by atoms with E-state index in [0.717, 1.165) is 23.4 Å². The van der Waals surface area contributed by atoms with Gasteiger partial charge in [0, 0.05) is 12.5 Å². The Morgan fingerprint density at radius 1 is 1.07 bits per heavy atom. The number of para-hydroxylation sites is 2. The van der Waals surface area contributed by atoms with Crippen molar-refractivity contribution in [3.63, 3.8) is 0 Å². The summed E-state index contributed by atoms with van der Waals surface area (Å²) in [5, 5.41) is 3.02. The average Bonchev–Trinajstić information content (AvgIpc) is 2.90. The van der Waals surface area contributed by atoms with Crippen LogP contribution in [0.5, 0.6) is 5.75 Å². The molecule has 0 saturated carbocycles. The number of fused-ring (bicyclic) bond motifs is 1. The predicted molar refractivity (Wildman–Crippen MR) is 106 cm³/mol. The van der Waals surface area contributed by atoms with Gasteiger partial charge in [0.15, 0.2) is 0 Å². The Labute approximate surface area is 160 Å². The molecule has 142 valence electrons. The number of anilines is 1. The van der Waals surface area contributed by atoms with Gasteiger partial charge in [0.05, 0.1) is 24.8 Å². The molecule has 0 saturated heterocycles. The van der Waals surface area contributed by atoms with Crippen LogP contribution in [0, 0.1) is 5.92 Å². The van der Waals surface area contributed by atoms with Gasteiger partial charge < -0.3 is 15.0 Å². The highest BCUT2D eigenvalue weighted by Crippen LogP contribution is 2.32. The largest absolute Gasteiger partial charge is 0.491 e. The zero-order chi connectivity index (χ0) is 19.2. The quantitative estimate of drug-likeness (QED) is 0.878. The minimum atomic E-state index is -0.357. The number of nitrogens with zero attached hydrogens (tertiary/aromatic N) is 1. The van der Waals surface area contributed by atoms with Crippen LogP contribution in [0.15, 0.2) is 54.6 Å². The van der Waals surface area contributed by atoms with E-state index in [0.29, 0.717) is 13.2 Å². The van der Waals surface area contributed by atoms with Crippen molar-refractivity contribution >= 4 is 17.5 Å². The molecule has 0 aromatic heterocycles. The predicted octanol–water partition coefficient (Wildman–Crippen LogP) is 3.71. The number of hydrogen-bond acceptors (Lipinski definition) is 3.